The molecule has 29 heavy (non-hydrogen) atoms. The van der Waals surface area contributed by atoms with Gasteiger partial charge in [-0.05, 0) is 72.8 Å². The first-order valence-electron chi connectivity index (χ1n) is 8.77. The summed E-state index contributed by atoms with van der Waals surface area (Å²) in [5.74, 6) is 0.130. The summed E-state index contributed by atoms with van der Waals surface area (Å²) in [6.45, 7) is -0.173. The normalized spacial score (nSPS) is 10.1. The summed E-state index contributed by atoms with van der Waals surface area (Å²) >= 11 is 0. The Morgan fingerprint density at radius 3 is 1.97 bits per heavy atom. The second-order valence-electron chi connectivity index (χ2n) is 6.05. The molecule has 3 aromatic carbocycles. The van der Waals surface area contributed by atoms with Crippen molar-refractivity contribution in [2.45, 2.75) is 0 Å². The summed E-state index contributed by atoms with van der Waals surface area (Å²) in [5.41, 5.74) is 1.53. The first-order chi connectivity index (χ1) is 14.0. The molecule has 0 fully saturated rings. The maximum absolute atomic E-state index is 12.9. The lowest BCUT2D eigenvalue weighted by Crippen LogP contribution is -2.20. The Kier molecular flexibility index (Phi) is 6.42. The van der Waals surface area contributed by atoms with Crippen LogP contribution in [-0.2, 0) is 4.79 Å². The zero-order chi connectivity index (χ0) is 20.6. The number of amides is 2. The van der Waals surface area contributed by atoms with Crippen molar-refractivity contribution in [2.75, 3.05) is 24.4 Å². The first-order valence-corrected chi connectivity index (χ1v) is 8.77. The number of methoxy groups -OCH3 is 1. The Balaban J connectivity index is 1.49. The molecule has 0 heterocycles. The molecular weight excluding hydrogens is 375 g/mol. The molecule has 0 radical (unpaired) electrons. The second-order valence-corrected chi connectivity index (χ2v) is 6.05. The van der Waals surface area contributed by atoms with Crippen LogP contribution in [0.2, 0.25) is 0 Å². The third-order valence-corrected chi connectivity index (χ3v) is 3.96. The largest absolute Gasteiger partial charge is 0.497 e. The van der Waals surface area contributed by atoms with E-state index in [4.69, 9.17) is 9.47 Å². The van der Waals surface area contributed by atoms with Gasteiger partial charge in [0.2, 0.25) is 0 Å². The van der Waals surface area contributed by atoms with Gasteiger partial charge in [-0.25, -0.2) is 4.39 Å². The van der Waals surface area contributed by atoms with Crippen LogP contribution in [0.4, 0.5) is 15.8 Å². The smallest absolute Gasteiger partial charge is 0.262 e. The lowest BCUT2D eigenvalue weighted by Gasteiger charge is -2.09. The Morgan fingerprint density at radius 2 is 1.34 bits per heavy atom. The number of halogens is 1. The highest BCUT2D eigenvalue weighted by Gasteiger charge is 2.08. The van der Waals surface area contributed by atoms with Crippen molar-refractivity contribution in [1.29, 1.82) is 0 Å². The highest BCUT2D eigenvalue weighted by molar-refractivity contribution is 6.04. The maximum atomic E-state index is 12.9. The van der Waals surface area contributed by atoms with E-state index in [9.17, 15) is 14.0 Å². The van der Waals surface area contributed by atoms with Gasteiger partial charge in [-0.1, -0.05) is 0 Å². The van der Waals surface area contributed by atoms with Gasteiger partial charge in [0.15, 0.2) is 6.61 Å². The van der Waals surface area contributed by atoms with Crippen LogP contribution in [0.15, 0.2) is 72.8 Å². The molecule has 7 heteroatoms. The minimum absolute atomic E-state index is 0.173. The van der Waals surface area contributed by atoms with Gasteiger partial charge in [-0.3, -0.25) is 9.59 Å². The fourth-order valence-corrected chi connectivity index (χ4v) is 2.46. The third kappa shape index (κ3) is 5.80. The summed E-state index contributed by atoms with van der Waals surface area (Å²) in [6.07, 6.45) is 0. The van der Waals surface area contributed by atoms with Crippen molar-refractivity contribution >= 4 is 23.2 Å². The van der Waals surface area contributed by atoms with Gasteiger partial charge >= 0.3 is 0 Å². The van der Waals surface area contributed by atoms with Gasteiger partial charge in [0, 0.05) is 16.9 Å². The standard InChI is InChI=1S/C22H19FN2O4/c1-28-19-12-8-17(9-13-19)24-21(26)14-29-20-10-2-15(3-11-20)22(27)25-18-6-4-16(23)5-7-18/h2-13H,14H2,1H3,(H,24,26)(H,25,27). The molecule has 0 aliphatic carbocycles. The van der Waals surface area contributed by atoms with E-state index in [1.54, 1.807) is 55.6 Å². The monoisotopic (exact) mass is 394 g/mol. The minimum Gasteiger partial charge on any atom is -0.497 e. The van der Waals surface area contributed by atoms with Crippen molar-refractivity contribution in [1.82, 2.24) is 0 Å². The number of carbonyl (C=O) groups excluding carboxylic acids is 2. The molecule has 148 valence electrons. The van der Waals surface area contributed by atoms with Gasteiger partial charge < -0.3 is 20.1 Å². The van der Waals surface area contributed by atoms with E-state index in [1.165, 1.54) is 24.3 Å². The van der Waals surface area contributed by atoms with E-state index in [2.05, 4.69) is 10.6 Å². The molecule has 2 N–H and O–H groups in total. The predicted molar refractivity (Wildman–Crippen MR) is 108 cm³/mol. The highest BCUT2D eigenvalue weighted by Crippen LogP contribution is 2.16. The quantitative estimate of drug-likeness (QED) is 0.632. The summed E-state index contributed by atoms with van der Waals surface area (Å²) in [4.78, 5) is 24.2. The molecule has 0 aromatic heterocycles. The number of benzene rings is 3. The number of rotatable bonds is 7. The molecule has 0 atom stereocenters. The fraction of sp³-hybridized carbons (Fsp3) is 0.0909. The molecule has 0 spiro atoms. The van der Waals surface area contributed by atoms with Gasteiger partial charge in [0.05, 0.1) is 7.11 Å². The van der Waals surface area contributed by atoms with Crippen LogP contribution in [0.25, 0.3) is 0 Å². The number of anilines is 2. The predicted octanol–water partition coefficient (Wildman–Crippen LogP) is 4.10. The highest BCUT2D eigenvalue weighted by atomic mass is 19.1. The van der Waals surface area contributed by atoms with E-state index in [0.717, 1.165) is 0 Å². The molecule has 0 aliphatic rings. The third-order valence-electron chi connectivity index (χ3n) is 3.96. The number of hydrogen-bond donors (Lipinski definition) is 2. The molecular formula is C22H19FN2O4. The Hall–Kier alpha value is -3.87. The van der Waals surface area contributed by atoms with Gasteiger partial charge in [-0.2, -0.15) is 0 Å². The van der Waals surface area contributed by atoms with E-state index >= 15 is 0 Å². The van der Waals surface area contributed by atoms with Gasteiger partial charge in [-0.15, -0.1) is 0 Å². The van der Waals surface area contributed by atoms with Crippen LogP contribution in [-0.4, -0.2) is 25.5 Å². The SMILES string of the molecule is COc1ccc(NC(=O)COc2ccc(C(=O)Nc3ccc(F)cc3)cc2)cc1. The van der Waals surface area contributed by atoms with Crippen LogP contribution < -0.4 is 20.1 Å². The summed E-state index contributed by atoms with van der Waals surface area (Å²) in [6, 6.07) is 18.8. The second kappa shape index (κ2) is 9.36. The lowest BCUT2D eigenvalue weighted by atomic mass is 10.2. The molecule has 3 rings (SSSR count). The van der Waals surface area contributed by atoms with Gasteiger partial charge in [0.25, 0.3) is 11.8 Å². The number of hydrogen-bond acceptors (Lipinski definition) is 4. The Bertz CT molecular complexity index is 971. The summed E-state index contributed by atoms with van der Waals surface area (Å²) in [7, 11) is 1.57. The zero-order valence-electron chi connectivity index (χ0n) is 15.6. The lowest BCUT2D eigenvalue weighted by molar-refractivity contribution is -0.118. The van der Waals surface area contributed by atoms with Crippen LogP contribution in [0.1, 0.15) is 10.4 Å². The van der Waals surface area contributed by atoms with Crippen molar-refractivity contribution in [3.63, 3.8) is 0 Å². The maximum Gasteiger partial charge on any atom is 0.262 e. The molecule has 2 amide bonds. The molecule has 0 saturated heterocycles. The molecule has 0 saturated carbocycles. The minimum atomic E-state index is -0.375. The molecule has 0 bridgehead atoms. The molecule has 6 nitrogen and oxygen atoms in total. The Morgan fingerprint density at radius 1 is 0.793 bits per heavy atom. The van der Waals surface area contributed by atoms with Crippen LogP contribution in [0.5, 0.6) is 11.5 Å². The van der Waals surface area contributed by atoms with E-state index < -0.39 is 0 Å². The topological polar surface area (TPSA) is 76.7 Å². The number of carbonyl (C=O) groups is 2. The first kappa shape index (κ1) is 19.9. The molecule has 0 unspecified atom stereocenters. The average molecular weight is 394 g/mol. The number of ether oxygens (including phenoxy) is 2. The van der Waals surface area contributed by atoms with E-state index in [-0.39, 0.29) is 24.2 Å². The van der Waals surface area contributed by atoms with Gasteiger partial charge in [0.1, 0.15) is 17.3 Å². The Labute approximate surface area is 167 Å². The number of nitrogens with one attached hydrogen (secondary N) is 2. The van der Waals surface area contributed by atoms with Crippen molar-refractivity contribution in [2.24, 2.45) is 0 Å². The zero-order valence-corrected chi connectivity index (χ0v) is 15.6. The van der Waals surface area contributed by atoms with E-state index in [0.29, 0.717) is 28.4 Å². The van der Waals surface area contributed by atoms with Crippen LogP contribution in [0.3, 0.4) is 0 Å². The summed E-state index contributed by atoms with van der Waals surface area (Å²) in [5, 5.41) is 5.39. The molecule has 3 aromatic rings. The van der Waals surface area contributed by atoms with E-state index in [1.807, 2.05) is 0 Å². The van der Waals surface area contributed by atoms with Crippen LogP contribution >= 0.6 is 0 Å². The van der Waals surface area contributed by atoms with Crippen molar-refractivity contribution in [3.8, 4) is 11.5 Å². The van der Waals surface area contributed by atoms with Crippen molar-refractivity contribution in [3.05, 3.63) is 84.2 Å². The van der Waals surface area contributed by atoms with Crippen LogP contribution in [0, 0.1) is 5.82 Å². The fourth-order valence-electron chi connectivity index (χ4n) is 2.46. The molecule has 0 aliphatic heterocycles. The van der Waals surface area contributed by atoms with Crippen molar-refractivity contribution < 1.29 is 23.5 Å². The summed E-state index contributed by atoms with van der Waals surface area (Å²) < 4.78 is 23.4. The average Bonchev–Trinajstić information content (AvgIpc) is 2.75.